The Kier molecular flexibility index (Phi) is 3.00. The summed E-state index contributed by atoms with van der Waals surface area (Å²) >= 11 is 0. The van der Waals surface area contributed by atoms with Crippen molar-refractivity contribution in [3.05, 3.63) is 64.4 Å². The largest absolute Gasteiger partial charge is 0.361 e. The van der Waals surface area contributed by atoms with Crippen molar-refractivity contribution in [3.63, 3.8) is 0 Å². The Morgan fingerprint density at radius 2 is 2.04 bits per heavy atom. The molecule has 0 aliphatic rings. The fourth-order valence-electron chi connectivity index (χ4n) is 2.37. The molecule has 3 heterocycles. The van der Waals surface area contributed by atoms with E-state index in [0.717, 1.165) is 5.69 Å². The van der Waals surface area contributed by atoms with Gasteiger partial charge in [0.05, 0.1) is 18.4 Å². The Morgan fingerprint density at radius 3 is 2.78 bits per heavy atom. The maximum atomic E-state index is 12.5. The van der Waals surface area contributed by atoms with Gasteiger partial charge in [0.2, 0.25) is 0 Å². The molecule has 114 valence electrons. The number of aromatic nitrogens is 6. The van der Waals surface area contributed by atoms with Gasteiger partial charge < -0.3 is 4.52 Å². The van der Waals surface area contributed by atoms with E-state index in [9.17, 15) is 4.79 Å². The number of aryl methyl sites for hydroxylation is 1. The predicted octanol–water partition coefficient (Wildman–Crippen LogP) is 1.32. The monoisotopic (exact) mass is 308 g/mol. The van der Waals surface area contributed by atoms with Gasteiger partial charge in [-0.2, -0.15) is 5.10 Å². The lowest BCUT2D eigenvalue weighted by Gasteiger charge is -2.03. The molecule has 8 nitrogen and oxygen atoms in total. The van der Waals surface area contributed by atoms with Crippen LogP contribution in [0.15, 0.2) is 51.9 Å². The fourth-order valence-corrected chi connectivity index (χ4v) is 2.37. The van der Waals surface area contributed by atoms with E-state index in [0.29, 0.717) is 22.5 Å². The second-order valence-corrected chi connectivity index (χ2v) is 5.11. The van der Waals surface area contributed by atoms with Crippen LogP contribution in [-0.2, 0) is 6.54 Å². The number of nitrogens with zero attached hydrogens (tertiary/aromatic N) is 6. The molecule has 0 N–H and O–H groups in total. The van der Waals surface area contributed by atoms with Crippen LogP contribution >= 0.6 is 0 Å². The van der Waals surface area contributed by atoms with E-state index in [1.165, 1.54) is 10.9 Å². The molecule has 0 fully saturated rings. The summed E-state index contributed by atoms with van der Waals surface area (Å²) in [5.41, 5.74) is 1.60. The number of hydrogen-bond acceptors (Lipinski definition) is 6. The van der Waals surface area contributed by atoms with Crippen LogP contribution in [-0.4, -0.2) is 29.9 Å². The van der Waals surface area contributed by atoms with Crippen LogP contribution in [0.5, 0.6) is 0 Å². The van der Waals surface area contributed by atoms with E-state index in [2.05, 4.69) is 20.6 Å². The molecular weight excluding hydrogens is 296 g/mol. The van der Waals surface area contributed by atoms with Crippen molar-refractivity contribution < 1.29 is 4.52 Å². The van der Waals surface area contributed by atoms with Gasteiger partial charge in [-0.15, -0.1) is 5.10 Å². The normalized spacial score (nSPS) is 11.2. The lowest BCUT2D eigenvalue weighted by atomic mass is 10.3. The van der Waals surface area contributed by atoms with Crippen LogP contribution in [0, 0.1) is 6.92 Å². The first-order chi connectivity index (χ1) is 11.2. The second-order valence-electron chi connectivity index (χ2n) is 5.11. The lowest BCUT2D eigenvalue weighted by Crippen LogP contribution is -2.24. The number of rotatable bonds is 3. The van der Waals surface area contributed by atoms with E-state index in [-0.39, 0.29) is 12.1 Å². The van der Waals surface area contributed by atoms with Crippen molar-refractivity contribution in [1.29, 1.82) is 0 Å². The molecule has 0 unspecified atom stereocenters. The zero-order chi connectivity index (χ0) is 15.8. The molecule has 0 spiro atoms. The number of fused-ring (bicyclic) bond motifs is 1. The number of hydrogen-bond donors (Lipinski definition) is 0. The van der Waals surface area contributed by atoms with Gasteiger partial charge in [-0.05, 0) is 19.1 Å². The quantitative estimate of drug-likeness (QED) is 0.567. The maximum Gasteiger partial charge on any atom is 0.281 e. The van der Waals surface area contributed by atoms with Gasteiger partial charge in [0, 0.05) is 6.07 Å². The van der Waals surface area contributed by atoms with Gasteiger partial charge in [0.1, 0.15) is 16.8 Å². The molecule has 4 rings (SSSR count). The van der Waals surface area contributed by atoms with Gasteiger partial charge >= 0.3 is 0 Å². The number of benzene rings is 1. The summed E-state index contributed by atoms with van der Waals surface area (Å²) in [6, 6.07) is 11.2. The Hall–Kier alpha value is -3.29. The molecule has 0 bridgehead atoms. The number of para-hydroxylation sites is 1. The molecule has 3 aromatic heterocycles. The summed E-state index contributed by atoms with van der Waals surface area (Å²) in [6.45, 7) is 1.99. The molecule has 0 radical (unpaired) electrons. The summed E-state index contributed by atoms with van der Waals surface area (Å²) in [5, 5.41) is 16.6. The minimum Gasteiger partial charge on any atom is -0.361 e. The smallest absolute Gasteiger partial charge is 0.281 e. The van der Waals surface area contributed by atoms with Crippen LogP contribution in [0.2, 0.25) is 0 Å². The fraction of sp³-hybridized carbons (Fsp3) is 0.133. The van der Waals surface area contributed by atoms with Crippen molar-refractivity contribution in [2.75, 3.05) is 0 Å². The third-order valence-electron chi connectivity index (χ3n) is 3.45. The molecule has 0 amide bonds. The Bertz CT molecular complexity index is 1030. The van der Waals surface area contributed by atoms with E-state index in [4.69, 9.17) is 4.52 Å². The predicted molar refractivity (Wildman–Crippen MR) is 81.3 cm³/mol. The van der Waals surface area contributed by atoms with Gasteiger partial charge in [-0.25, -0.2) is 9.36 Å². The SMILES string of the molecule is Cc1cc(Cn2nnc3c(cnn3-c3ccccc3)c2=O)no1. The summed E-state index contributed by atoms with van der Waals surface area (Å²) in [4.78, 5) is 12.5. The van der Waals surface area contributed by atoms with Gasteiger partial charge in [-0.1, -0.05) is 28.6 Å². The van der Waals surface area contributed by atoms with Crippen LogP contribution in [0.1, 0.15) is 11.5 Å². The lowest BCUT2D eigenvalue weighted by molar-refractivity contribution is 0.386. The van der Waals surface area contributed by atoms with Crippen molar-refractivity contribution in [2.45, 2.75) is 13.5 Å². The first kappa shape index (κ1) is 13.4. The van der Waals surface area contributed by atoms with Gasteiger partial charge in [0.15, 0.2) is 5.65 Å². The third kappa shape index (κ3) is 2.30. The molecular formula is C15H12N6O2. The molecule has 0 aliphatic carbocycles. The molecule has 1 aromatic carbocycles. The van der Waals surface area contributed by atoms with Crippen LogP contribution in [0.25, 0.3) is 16.7 Å². The minimum atomic E-state index is -0.266. The first-order valence-corrected chi connectivity index (χ1v) is 7.01. The highest BCUT2D eigenvalue weighted by Crippen LogP contribution is 2.12. The molecule has 8 heteroatoms. The summed E-state index contributed by atoms with van der Waals surface area (Å²) in [6.07, 6.45) is 1.50. The summed E-state index contributed by atoms with van der Waals surface area (Å²) in [5.74, 6) is 0.680. The summed E-state index contributed by atoms with van der Waals surface area (Å²) in [7, 11) is 0. The second kappa shape index (κ2) is 5.16. The first-order valence-electron chi connectivity index (χ1n) is 7.01. The average molecular weight is 308 g/mol. The Morgan fingerprint density at radius 1 is 1.22 bits per heavy atom. The standard InChI is InChI=1S/C15H12N6O2/c1-10-7-11(18-23-10)9-20-15(22)13-8-16-21(14(13)17-19-20)12-5-3-2-4-6-12/h2-8H,9H2,1H3. The zero-order valence-electron chi connectivity index (χ0n) is 12.2. The molecule has 4 aromatic rings. The topological polar surface area (TPSA) is 91.6 Å². The maximum absolute atomic E-state index is 12.5. The highest BCUT2D eigenvalue weighted by molar-refractivity contribution is 5.74. The van der Waals surface area contributed by atoms with Crippen molar-refractivity contribution in [3.8, 4) is 5.69 Å². The summed E-state index contributed by atoms with van der Waals surface area (Å²) < 4.78 is 7.83. The molecule has 0 saturated heterocycles. The van der Waals surface area contributed by atoms with E-state index >= 15 is 0 Å². The van der Waals surface area contributed by atoms with Crippen LogP contribution in [0.3, 0.4) is 0 Å². The zero-order valence-corrected chi connectivity index (χ0v) is 12.2. The Labute approximate surface area is 129 Å². The van der Waals surface area contributed by atoms with Gasteiger partial charge in [-0.3, -0.25) is 4.79 Å². The Balaban J connectivity index is 1.79. The van der Waals surface area contributed by atoms with Crippen molar-refractivity contribution in [1.82, 2.24) is 29.9 Å². The molecule has 0 aliphatic heterocycles. The van der Waals surface area contributed by atoms with Gasteiger partial charge in [0.25, 0.3) is 5.56 Å². The third-order valence-corrected chi connectivity index (χ3v) is 3.45. The van der Waals surface area contributed by atoms with Crippen molar-refractivity contribution >= 4 is 11.0 Å². The van der Waals surface area contributed by atoms with Crippen molar-refractivity contribution in [2.24, 2.45) is 0 Å². The van der Waals surface area contributed by atoms with Crippen LogP contribution < -0.4 is 5.56 Å². The highest BCUT2D eigenvalue weighted by atomic mass is 16.5. The van der Waals surface area contributed by atoms with E-state index < -0.39 is 0 Å². The molecule has 0 atom stereocenters. The minimum absolute atomic E-state index is 0.204. The average Bonchev–Trinajstić information content (AvgIpc) is 3.17. The van der Waals surface area contributed by atoms with Crippen LogP contribution in [0.4, 0.5) is 0 Å². The van der Waals surface area contributed by atoms with E-state index in [1.54, 1.807) is 17.7 Å². The molecule has 0 saturated carbocycles. The van der Waals surface area contributed by atoms with E-state index in [1.807, 2.05) is 30.3 Å². The highest BCUT2D eigenvalue weighted by Gasteiger charge is 2.13. The molecule has 23 heavy (non-hydrogen) atoms.